The first-order valence-corrected chi connectivity index (χ1v) is 3.84. The van der Waals surface area contributed by atoms with Gasteiger partial charge in [-0.15, -0.1) is 0 Å². The van der Waals surface area contributed by atoms with Gasteiger partial charge in [0.2, 0.25) is 0 Å². The number of aromatic nitrogens is 2. The molecule has 0 amide bonds. The number of nitrogens with one attached hydrogen (secondary N) is 2. The second-order valence-electron chi connectivity index (χ2n) is 2.70. The van der Waals surface area contributed by atoms with Gasteiger partial charge in [-0.3, -0.25) is 4.98 Å². The van der Waals surface area contributed by atoms with E-state index in [-0.39, 0.29) is 5.69 Å². The Hall–Kier alpha value is -0.900. The fraction of sp³-hybridized carbons (Fsp3) is 0.429. The standard InChI is InChI=1S/C7H10N2OS/c1-4(2)5-3-6(11)9-7(10)8-5/h3-4H,1-2H3,(H2,8,9,10,11). The van der Waals surface area contributed by atoms with E-state index in [1.807, 2.05) is 13.8 Å². The molecule has 60 valence electrons. The molecule has 0 bridgehead atoms. The molecular formula is C7H10N2OS. The number of hydrogen-bond donors (Lipinski definition) is 2. The first-order valence-electron chi connectivity index (χ1n) is 3.43. The van der Waals surface area contributed by atoms with E-state index in [9.17, 15) is 4.79 Å². The Balaban J connectivity index is 3.30. The predicted octanol–water partition coefficient (Wildman–Crippen LogP) is 1.56. The van der Waals surface area contributed by atoms with Gasteiger partial charge in [-0.1, -0.05) is 26.1 Å². The van der Waals surface area contributed by atoms with Crippen LogP contribution in [0.3, 0.4) is 0 Å². The molecule has 0 aliphatic carbocycles. The van der Waals surface area contributed by atoms with Crippen molar-refractivity contribution >= 4 is 12.2 Å². The van der Waals surface area contributed by atoms with Crippen molar-refractivity contribution in [3.8, 4) is 0 Å². The van der Waals surface area contributed by atoms with Crippen LogP contribution in [0.25, 0.3) is 0 Å². The van der Waals surface area contributed by atoms with Crippen molar-refractivity contribution in [2.75, 3.05) is 0 Å². The van der Waals surface area contributed by atoms with Gasteiger partial charge < -0.3 is 4.98 Å². The molecule has 0 atom stereocenters. The van der Waals surface area contributed by atoms with Crippen LogP contribution in [0.15, 0.2) is 10.9 Å². The van der Waals surface area contributed by atoms with E-state index < -0.39 is 0 Å². The summed E-state index contributed by atoms with van der Waals surface area (Å²) in [5.74, 6) is 0.305. The lowest BCUT2D eigenvalue weighted by atomic mass is 10.1. The molecule has 0 saturated carbocycles. The molecule has 1 heterocycles. The van der Waals surface area contributed by atoms with E-state index in [1.165, 1.54) is 0 Å². The molecule has 0 spiro atoms. The highest BCUT2D eigenvalue weighted by molar-refractivity contribution is 7.71. The normalized spacial score (nSPS) is 10.5. The number of H-pyrrole nitrogens is 2. The Bertz CT molecular complexity index is 322. The van der Waals surface area contributed by atoms with Crippen LogP contribution < -0.4 is 5.69 Å². The molecule has 3 nitrogen and oxygen atoms in total. The van der Waals surface area contributed by atoms with Crippen LogP contribution >= 0.6 is 12.2 Å². The quantitative estimate of drug-likeness (QED) is 0.628. The van der Waals surface area contributed by atoms with Crippen LogP contribution in [0.4, 0.5) is 0 Å². The van der Waals surface area contributed by atoms with Crippen LogP contribution in [0.1, 0.15) is 25.5 Å². The van der Waals surface area contributed by atoms with E-state index in [0.717, 1.165) is 5.69 Å². The van der Waals surface area contributed by atoms with E-state index in [2.05, 4.69) is 9.97 Å². The summed E-state index contributed by atoms with van der Waals surface area (Å²) in [4.78, 5) is 16.0. The van der Waals surface area contributed by atoms with Gasteiger partial charge in [-0.05, 0) is 12.0 Å². The SMILES string of the molecule is CC(C)c1cc(=S)[nH]c(=O)[nH]1. The summed E-state index contributed by atoms with van der Waals surface area (Å²) in [7, 11) is 0. The third-order valence-electron chi connectivity index (χ3n) is 1.40. The van der Waals surface area contributed by atoms with Crippen LogP contribution in [0, 0.1) is 4.64 Å². The Labute approximate surface area is 69.5 Å². The third kappa shape index (κ3) is 2.01. The second-order valence-corrected chi connectivity index (χ2v) is 3.14. The molecular weight excluding hydrogens is 160 g/mol. The van der Waals surface area contributed by atoms with Crippen LogP contribution in [0.5, 0.6) is 0 Å². The highest BCUT2D eigenvalue weighted by atomic mass is 32.1. The van der Waals surface area contributed by atoms with Crippen molar-refractivity contribution < 1.29 is 0 Å². The van der Waals surface area contributed by atoms with Crippen molar-refractivity contribution in [3.05, 3.63) is 26.9 Å². The minimum atomic E-state index is -0.235. The maximum Gasteiger partial charge on any atom is 0.324 e. The zero-order valence-corrected chi connectivity index (χ0v) is 7.29. The Morgan fingerprint density at radius 2 is 2.09 bits per heavy atom. The minimum Gasteiger partial charge on any atom is -0.311 e. The topological polar surface area (TPSA) is 48.6 Å². The molecule has 1 aromatic rings. The average molecular weight is 170 g/mol. The predicted molar refractivity (Wildman–Crippen MR) is 46.3 cm³/mol. The van der Waals surface area contributed by atoms with Crippen LogP contribution in [-0.2, 0) is 0 Å². The summed E-state index contributed by atoms with van der Waals surface area (Å²) in [5.41, 5.74) is 0.639. The molecule has 0 aliphatic rings. The summed E-state index contributed by atoms with van der Waals surface area (Å²) in [6.07, 6.45) is 0. The zero-order valence-electron chi connectivity index (χ0n) is 6.47. The van der Waals surface area contributed by atoms with E-state index in [1.54, 1.807) is 6.07 Å². The molecule has 1 aromatic heterocycles. The van der Waals surface area contributed by atoms with Gasteiger partial charge in [-0.25, -0.2) is 4.79 Å². The monoisotopic (exact) mass is 170 g/mol. The highest BCUT2D eigenvalue weighted by Crippen LogP contribution is 2.07. The zero-order chi connectivity index (χ0) is 8.43. The molecule has 0 fully saturated rings. The summed E-state index contributed by atoms with van der Waals surface area (Å²) in [6.45, 7) is 4.00. The lowest BCUT2D eigenvalue weighted by molar-refractivity contribution is 0.800. The van der Waals surface area contributed by atoms with E-state index in [4.69, 9.17) is 12.2 Å². The van der Waals surface area contributed by atoms with Crippen molar-refractivity contribution in [1.82, 2.24) is 9.97 Å². The maximum absolute atomic E-state index is 10.8. The molecule has 11 heavy (non-hydrogen) atoms. The lowest BCUT2D eigenvalue weighted by Gasteiger charge is -2.02. The van der Waals surface area contributed by atoms with Gasteiger partial charge in [0.25, 0.3) is 0 Å². The molecule has 0 aromatic carbocycles. The third-order valence-corrected chi connectivity index (χ3v) is 1.62. The largest absolute Gasteiger partial charge is 0.324 e. The smallest absolute Gasteiger partial charge is 0.311 e. The maximum atomic E-state index is 10.8. The van der Waals surface area contributed by atoms with Gasteiger partial charge in [0.05, 0.1) is 0 Å². The van der Waals surface area contributed by atoms with Crippen molar-refractivity contribution in [1.29, 1.82) is 0 Å². The summed E-state index contributed by atoms with van der Waals surface area (Å²) in [5, 5.41) is 0. The lowest BCUT2D eigenvalue weighted by Crippen LogP contribution is -2.12. The molecule has 1 rings (SSSR count). The minimum absolute atomic E-state index is 0.235. The van der Waals surface area contributed by atoms with Crippen molar-refractivity contribution in [2.24, 2.45) is 0 Å². The molecule has 0 radical (unpaired) electrons. The van der Waals surface area contributed by atoms with Gasteiger partial charge in [0.1, 0.15) is 4.64 Å². The first-order chi connectivity index (χ1) is 5.09. The summed E-state index contributed by atoms with van der Waals surface area (Å²) < 4.78 is 0.484. The van der Waals surface area contributed by atoms with Gasteiger partial charge >= 0.3 is 5.69 Å². The van der Waals surface area contributed by atoms with Crippen molar-refractivity contribution in [3.63, 3.8) is 0 Å². The fourth-order valence-corrected chi connectivity index (χ4v) is 1.02. The van der Waals surface area contributed by atoms with Gasteiger partial charge in [0, 0.05) is 5.69 Å². The molecule has 0 saturated heterocycles. The van der Waals surface area contributed by atoms with Crippen molar-refractivity contribution in [2.45, 2.75) is 19.8 Å². The Morgan fingerprint density at radius 3 is 2.55 bits per heavy atom. The molecule has 4 heteroatoms. The first kappa shape index (κ1) is 8.20. The Morgan fingerprint density at radius 1 is 1.45 bits per heavy atom. The number of hydrogen-bond acceptors (Lipinski definition) is 2. The highest BCUT2D eigenvalue weighted by Gasteiger charge is 1.98. The Kier molecular flexibility index (Phi) is 2.24. The fourth-order valence-electron chi connectivity index (χ4n) is 0.799. The second kappa shape index (κ2) is 3.00. The van der Waals surface area contributed by atoms with Crippen LogP contribution in [0.2, 0.25) is 0 Å². The van der Waals surface area contributed by atoms with Gasteiger partial charge in [0.15, 0.2) is 0 Å². The van der Waals surface area contributed by atoms with Crippen LogP contribution in [-0.4, -0.2) is 9.97 Å². The van der Waals surface area contributed by atoms with Gasteiger partial charge in [-0.2, -0.15) is 0 Å². The summed E-state index contributed by atoms with van der Waals surface area (Å²) >= 11 is 4.83. The van der Waals surface area contributed by atoms with E-state index in [0.29, 0.717) is 10.6 Å². The number of rotatable bonds is 1. The summed E-state index contributed by atoms with van der Waals surface area (Å²) in [6, 6.07) is 1.77. The average Bonchev–Trinajstić information content (AvgIpc) is 1.85. The number of aromatic amines is 2. The molecule has 2 N–H and O–H groups in total. The molecule has 0 unspecified atom stereocenters. The van der Waals surface area contributed by atoms with E-state index >= 15 is 0 Å². The molecule has 0 aliphatic heterocycles.